The van der Waals surface area contributed by atoms with E-state index in [2.05, 4.69) is 30.6 Å². The SMILES string of the molecule is CC(C)(C)c1nc(N2CCCN3CCCC3C2)sc1C=O. The molecule has 3 heterocycles. The van der Waals surface area contributed by atoms with E-state index in [1.165, 1.54) is 32.4 Å². The third-order valence-electron chi connectivity index (χ3n) is 4.53. The average Bonchev–Trinajstić information content (AvgIpc) is 3.00. The number of aromatic nitrogens is 1. The van der Waals surface area contributed by atoms with Crippen molar-refractivity contribution in [2.45, 2.75) is 51.5 Å². The molecule has 0 amide bonds. The molecular formula is C16H25N3OS. The molecule has 0 radical (unpaired) electrons. The number of hydrogen-bond donors (Lipinski definition) is 0. The van der Waals surface area contributed by atoms with Crippen molar-refractivity contribution in [1.29, 1.82) is 0 Å². The molecule has 0 aliphatic carbocycles. The van der Waals surface area contributed by atoms with Crippen LogP contribution in [-0.2, 0) is 5.41 Å². The zero-order chi connectivity index (χ0) is 15.0. The second-order valence-electron chi connectivity index (χ2n) is 7.21. The van der Waals surface area contributed by atoms with E-state index in [0.29, 0.717) is 6.04 Å². The Morgan fingerprint density at radius 1 is 1.24 bits per heavy atom. The molecule has 0 N–H and O–H groups in total. The van der Waals surface area contributed by atoms with E-state index in [1.54, 1.807) is 11.3 Å². The Morgan fingerprint density at radius 3 is 2.67 bits per heavy atom. The smallest absolute Gasteiger partial charge is 0.186 e. The lowest BCUT2D eigenvalue weighted by molar-refractivity contribution is 0.112. The predicted molar refractivity (Wildman–Crippen MR) is 87.6 cm³/mol. The zero-order valence-corrected chi connectivity index (χ0v) is 14.1. The van der Waals surface area contributed by atoms with E-state index in [4.69, 9.17) is 4.98 Å². The fourth-order valence-electron chi connectivity index (χ4n) is 3.45. The van der Waals surface area contributed by atoms with Crippen molar-refractivity contribution in [3.63, 3.8) is 0 Å². The van der Waals surface area contributed by atoms with Crippen molar-refractivity contribution in [2.24, 2.45) is 0 Å². The summed E-state index contributed by atoms with van der Waals surface area (Å²) in [6, 6.07) is 0.675. The van der Waals surface area contributed by atoms with E-state index in [-0.39, 0.29) is 5.41 Å². The summed E-state index contributed by atoms with van der Waals surface area (Å²) in [7, 11) is 0. The lowest BCUT2D eigenvalue weighted by Crippen LogP contribution is -2.36. The van der Waals surface area contributed by atoms with Crippen molar-refractivity contribution in [3.05, 3.63) is 10.6 Å². The maximum absolute atomic E-state index is 11.4. The topological polar surface area (TPSA) is 36.4 Å². The summed E-state index contributed by atoms with van der Waals surface area (Å²) in [5.41, 5.74) is 0.876. The van der Waals surface area contributed by atoms with Gasteiger partial charge in [-0.25, -0.2) is 4.98 Å². The third-order valence-corrected chi connectivity index (χ3v) is 5.58. The molecule has 116 valence electrons. The predicted octanol–water partition coefficient (Wildman–Crippen LogP) is 2.93. The number of aldehydes is 1. The van der Waals surface area contributed by atoms with Gasteiger partial charge in [-0.2, -0.15) is 0 Å². The van der Waals surface area contributed by atoms with Crippen LogP contribution < -0.4 is 4.90 Å². The van der Waals surface area contributed by atoms with E-state index < -0.39 is 0 Å². The van der Waals surface area contributed by atoms with Crippen LogP contribution in [0.4, 0.5) is 5.13 Å². The summed E-state index contributed by atoms with van der Waals surface area (Å²) >= 11 is 1.56. The van der Waals surface area contributed by atoms with Gasteiger partial charge in [-0.15, -0.1) is 0 Å². The van der Waals surface area contributed by atoms with Gasteiger partial charge >= 0.3 is 0 Å². The fourth-order valence-corrected chi connectivity index (χ4v) is 4.58. The summed E-state index contributed by atoms with van der Waals surface area (Å²) < 4.78 is 0. The van der Waals surface area contributed by atoms with E-state index in [9.17, 15) is 4.79 Å². The van der Waals surface area contributed by atoms with Gasteiger partial charge in [0.2, 0.25) is 0 Å². The number of carbonyl (C=O) groups is 1. The van der Waals surface area contributed by atoms with Crippen LogP contribution in [0.25, 0.3) is 0 Å². The van der Waals surface area contributed by atoms with Crippen LogP contribution in [0.15, 0.2) is 0 Å². The minimum atomic E-state index is -0.0732. The number of nitrogens with zero attached hydrogens (tertiary/aromatic N) is 3. The summed E-state index contributed by atoms with van der Waals surface area (Å²) in [4.78, 5) is 22.0. The van der Waals surface area contributed by atoms with Gasteiger partial charge in [-0.1, -0.05) is 32.1 Å². The summed E-state index contributed by atoms with van der Waals surface area (Å²) in [5, 5.41) is 1.04. The standard InChI is InChI=1S/C16H25N3OS/c1-16(2,3)14-13(11-20)21-15(17-14)19-9-5-8-18-7-4-6-12(18)10-19/h11-12H,4-10H2,1-3H3. The van der Waals surface area contributed by atoms with Crippen LogP contribution in [0, 0.1) is 0 Å². The number of carbonyl (C=O) groups excluding carboxylic acids is 1. The maximum atomic E-state index is 11.4. The van der Waals surface area contributed by atoms with E-state index in [1.807, 2.05) is 0 Å². The van der Waals surface area contributed by atoms with Gasteiger partial charge in [-0.3, -0.25) is 9.69 Å². The second kappa shape index (κ2) is 5.69. The van der Waals surface area contributed by atoms with Crippen molar-refractivity contribution in [3.8, 4) is 0 Å². The molecule has 3 rings (SSSR count). The first kappa shape index (κ1) is 15.0. The quantitative estimate of drug-likeness (QED) is 0.787. The molecule has 2 fully saturated rings. The van der Waals surface area contributed by atoms with Crippen molar-refractivity contribution in [1.82, 2.24) is 9.88 Å². The molecule has 2 aliphatic heterocycles. The largest absolute Gasteiger partial charge is 0.346 e. The molecule has 0 saturated carbocycles. The first-order chi connectivity index (χ1) is 9.99. The monoisotopic (exact) mass is 307 g/mol. The molecule has 4 nitrogen and oxygen atoms in total. The van der Waals surface area contributed by atoms with Gasteiger partial charge in [0.1, 0.15) is 0 Å². The number of rotatable bonds is 2. The van der Waals surface area contributed by atoms with E-state index >= 15 is 0 Å². The van der Waals surface area contributed by atoms with Crippen LogP contribution in [0.5, 0.6) is 0 Å². The molecule has 21 heavy (non-hydrogen) atoms. The number of hydrogen-bond acceptors (Lipinski definition) is 5. The summed E-state index contributed by atoms with van der Waals surface area (Å²) in [6.07, 6.45) is 4.79. The summed E-state index contributed by atoms with van der Waals surface area (Å²) in [6.45, 7) is 11.0. The van der Waals surface area contributed by atoms with Crippen LogP contribution in [0.1, 0.15) is 55.4 Å². The normalized spacial score (nSPS) is 24.0. The highest BCUT2D eigenvalue weighted by molar-refractivity contribution is 7.17. The van der Waals surface area contributed by atoms with Gasteiger partial charge < -0.3 is 4.90 Å². The zero-order valence-electron chi connectivity index (χ0n) is 13.3. The second-order valence-corrected chi connectivity index (χ2v) is 8.22. The number of fused-ring (bicyclic) bond motifs is 1. The molecule has 0 aromatic carbocycles. The molecule has 0 spiro atoms. The molecule has 1 aromatic rings. The Labute approximate surface area is 131 Å². The van der Waals surface area contributed by atoms with Gasteiger partial charge in [-0.05, 0) is 25.8 Å². The van der Waals surface area contributed by atoms with Crippen LogP contribution in [-0.4, -0.2) is 48.4 Å². The van der Waals surface area contributed by atoms with Gasteiger partial charge in [0.25, 0.3) is 0 Å². The van der Waals surface area contributed by atoms with Crippen molar-refractivity contribution >= 4 is 22.8 Å². The first-order valence-electron chi connectivity index (χ1n) is 7.94. The lowest BCUT2D eigenvalue weighted by atomic mass is 9.91. The molecule has 1 atom stereocenters. The van der Waals surface area contributed by atoms with Crippen LogP contribution >= 0.6 is 11.3 Å². The molecule has 2 saturated heterocycles. The molecule has 1 unspecified atom stereocenters. The Balaban J connectivity index is 1.86. The Hall–Kier alpha value is -0.940. The average molecular weight is 307 g/mol. The molecule has 0 bridgehead atoms. The Kier molecular flexibility index (Phi) is 4.06. The van der Waals surface area contributed by atoms with E-state index in [0.717, 1.165) is 35.1 Å². The summed E-state index contributed by atoms with van der Waals surface area (Å²) in [5.74, 6) is 0. The Morgan fingerprint density at radius 2 is 2.00 bits per heavy atom. The fraction of sp³-hybridized carbons (Fsp3) is 0.750. The maximum Gasteiger partial charge on any atom is 0.186 e. The highest BCUT2D eigenvalue weighted by Crippen LogP contribution is 2.34. The number of anilines is 1. The van der Waals surface area contributed by atoms with Gasteiger partial charge in [0, 0.05) is 31.1 Å². The minimum Gasteiger partial charge on any atom is -0.346 e. The third kappa shape index (κ3) is 2.99. The molecule has 5 heteroatoms. The highest BCUT2D eigenvalue weighted by atomic mass is 32.1. The molecule has 2 aliphatic rings. The van der Waals surface area contributed by atoms with Crippen molar-refractivity contribution < 1.29 is 4.79 Å². The van der Waals surface area contributed by atoms with Gasteiger partial charge in [0.15, 0.2) is 11.4 Å². The number of thiazole rings is 1. The van der Waals surface area contributed by atoms with Crippen LogP contribution in [0.2, 0.25) is 0 Å². The van der Waals surface area contributed by atoms with Gasteiger partial charge in [0.05, 0.1) is 10.6 Å². The first-order valence-corrected chi connectivity index (χ1v) is 8.76. The lowest BCUT2D eigenvalue weighted by Gasteiger charge is -2.25. The Bertz CT molecular complexity index is 520. The molecule has 1 aromatic heterocycles. The van der Waals surface area contributed by atoms with Crippen molar-refractivity contribution in [2.75, 3.05) is 31.1 Å². The highest BCUT2D eigenvalue weighted by Gasteiger charge is 2.31. The van der Waals surface area contributed by atoms with Crippen LogP contribution in [0.3, 0.4) is 0 Å². The molecular weight excluding hydrogens is 282 g/mol. The minimum absolute atomic E-state index is 0.0732.